The third kappa shape index (κ3) is 2.85. The molecule has 142 valence electrons. The van der Waals surface area contributed by atoms with Crippen LogP contribution in [0.2, 0.25) is 0 Å². The Morgan fingerprint density at radius 2 is 1.93 bits per heavy atom. The molecule has 4 rings (SSSR count). The minimum absolute atomic E-state index is 0.0678. The van der Waals surface area contributed by atoms with E-state index in [-0.39, 0.29) is 6.54 Å². The number of amides is 3. The number of imide groups is 1. The molecule has 0 unspecified atom stereocenters. The summed E-state index contributed by atoms with van der Waals surface area (Å²) in [7, 11) is 1.55. The van der Waals surface area contributed by atoms with Crippen LogP contribution < -0.4 is 10.1 Å². The van der Waals surface area contributed by atoms with Crippen LogP contribution in [-0.4, -0.2) is 28.9 Å². The number of aromatic nitrogens is 1. The van der Waals surface area contributed by atoms with Gasteiger partial charge < -0.3 is 10.1 Å². The smallest absolute Gasteiger partial charge is 0.325 e. The van der Waals surface area contributed by atoms with Gasteiger partial charge in [-0.2, -0.15) is 0 Å². The van der Waals surface area contributed by atoms with E-state index in [1.54, 1.807) is 56.6 Å². The second kappa shape index (κ2) is 6.60. The number of ether oxygens (including phenoxy) is 1. The average molecular weight is 379 g/mol. The number of carbonyl (C=O) groups is 2. The van der Waals surface area contributed by atoms with Gasteiger partial charge in [0.2, 0.25) is 0 Å². The number of pyridine rings is 1. The number of fused-ring (bicyclic) bond motifs is 1. The van der Waals surface area contributed by atoms with Gasteiger partial charge >= 0.3 is 6.03 Å². The topological polar surface area (TPSA) is 71.5 Å². The molecule has 7 heteroatoms. The van der Waals surface area contributed by atoms with Crippen molar-refractivity contribution < 1.29 is 18.7 Å². The van der Waals surface area contributed by atoms with E-state index >= 15 is 0 Å². The van der Waals surface area contributed by atoms with Crippen LogP contribution in [0.1, 0.15) is 18.1 Å². The first-order valence-corrected chi connectivity index (χ1v) is 8.74. The zero-order valence-electron chi connectivity index (χ0n) is 15.4. The van der Waals surface area contributed by atoms with Crippen molar-refractivity contribution in [2.24, 2.45) is 0 Å². The van der Waals surface area contributed by atoms with Gasteiger partial charge in [-0.05, 0) is 42.8 Å². The minimum atomic E-state index is -1.21. The Kier molecular flexibility index (Phi) is 4.22. The summed E-state index contributed by atoms with van der Waals surface area (Å²) in [6, 6.07) is 12.5. The highest BCUT2D eigenvalue weighted by Crippen LogP contribution is 2.31. The van der Waals surface area contributed by atoms with Gasteiger partial charge in [0.05, 0.1) is 19.2 Å². The molecule has 2 aromatic carbocycles. The first-order chi connectivity index (χ1) is 13.4. The number of urea groups is 1. The van der Waals surface area contributed by atoms with Crippen molar-refractivity contribution in [3.05, 3.63) is 71.7 Å². The van der Waals surface area contributed by atoms with Gasteiger partial charge in [-0.3, -0.25) is 14.7 Å². The first-order valence-electron chi connectivity index (χ1n) is 8.74. The Labute approximate surface area is 160 Å². The van der Waals surface area contributed by atoms with Crippen LogP contribution >= 0.6 is 0 Å². The van der Waals surface area contributed by atoms with Gasteiger partial charge in [-0.1, -0.05) is 18.2 Å². The van der Waals surface area contributed by atoms with E-state index in [4.69, 9.17) is 4.74 Å². The summed E-state index contributed by atoms with van der Waals surface area (Å²) in [5.74, 6) is -0.199. The second-order valence-corrected chi connectivity index (χ2v) is 6.81. The third-order valence-electron chi connectivity index (χ3n) is 5.02. The van der Waals surface area contributed by atoms with Crippen molar-refractivity contribution in [1.29, 1.82) is 0 Å². The molecule has 2 heterocycles. The first kappa shape index (κ1) is 17.9. The molecule has 28 heavy (non-hydrogen) atoms. The molecule has 1 atom stereocenters. The lowest BCUT2D eigenvalue weighted by atomic mass is 9.92. The lowest BCUT2D eigenvalue weighted by molar-refractivity contribution is -0.131. The highest BCUT2D eigenvalue weighted by Gasteiger charge is 2.49. The number of benzene rings is 2. The van der Waals surface area contributed by atoms with Crippen molar-refractivity contribution in [3.8, 4) is 5.75 Å². The molecule has 0 bridgehead atoms. The molecule has 1 saturated heterocycles. The Morgan fingerprint density at radius 3 is 2.64 bits per heavy atom. The van der Waals surface area contributed by atoms with E-state index in [0.717, 1.165) is 4.90 Å². The van der Waals surface area contributed by atoms with Gasteiger partial charge in [0.1, 0.15) is 17.1 Å². The van der Waals surface area contributed by atoms with Gasteiger partial charge in [-0.15, -0.1) is 0 Å². The Balaban J connectivity index is 1.68. The number of nitrogens with one attached hydrogen (secondary N) is 1. The molecule has 1 aliphatic heterocycles. The summed E-state index contributed by atoms with van der Waals surface area (Å²) in [6.07, 6.45) is 1.59. The molecule has 0 saturated carbocycles. The normalized spacial score (nSPS) is 19.2. The highest BCUT2D eigenvalue weighted by atomic mass is 19.1. The molecule has 0 spiro atoms. The van der Waals surface area contributed by atoms with E-state index in [0.29, 0.717) is 27.8 Å². The zero-order valence-corrected chi connectivity index (χ0v) is 15.4. The van der Waals surface area contributed by atoms with E-state index in [1.807, 2.05) is 0 Å². The van der Waals surface area contributed by atoms with Crippen LogP contribution in [0.15, 0.2) is 54.7 Å². The fourth-order valence-corrected chi connectivity index (χ4v) is 3.48. The van der Waals surface area contributed by atoms with Crippen molar-refractivity contribution in [3.63, 3.8) is 0 Å². The molecule has 3 aromatic rings. The summed E-state index contributed by atoms with van der Waals surface area (Å²) in [5, 5.41) is 3.36. The maximum atomic E-state index is 14.0. The summed E-state index contributed by atoms with van der Waals surface area (Å²) >= 11 is 0. The second-order valence-electron chi connectivity index (χ2n) is 6.81. The Morgan fingerprint density at radius 1 is 1.18 bits per heavy atom. The Hall–Kier alpha value is -3.48. The summed E-state index contributed by atoms with van der Waals surface area (Å²) in [4.78, 5) is 31.1. The van der Waals surface area contributed by atoms with Crippen molar-refractivity contribution >= 4 is 22.8 Å². The largest absolute Gasteiger partial charge is 0.497 e. The van der Waals surface area contributed by atoms with Gasteiger partial charge in [0.25, 0.3) is 5.91 Å². The quantitative estimate of drug-likeness (QED) is 0.706. The van der Waals surface area contributed by atoms with Crippen molar-refractivity contribution in [1.82, 2.24) is 15.2 Å². The van der Waals surface area contributed by atoms with Crippen LogP contribution in [0.3, 0.4) is 0 Å². The fourth-order valence-electron chi connectivity index (χ4n) is 3.48. The zero-order chi connectivity index (χ0) is 19.9. The van der Waals surface area contributed by atoms with Crippen LogP contribution in [0, 0.1) is 5.82 Å². The number of hydrogen-bond donors (Lipinski definition) is 1. The summed E-state index contributed by atoms with van der Waals surface area (Å²) < 4.78 is 19.1. The molecule has 0 aliphatic carbocycles. The molecule has 6 nitrogen and oxygen atoms in total. The molecule has 1 N–H and O–H groups in total. The van der Waals surface area contributed by atoms with E-state index in [2.05, 4.69) is 10.3 Å². The minimum Gasteiger partial charge on any atom is -0.497 e. The van der Waals surface area contributed by atoms with Crippen LogP contribution in [0.4, 0.5) is 9.18 Å². The van der Waals surface area contributed by atoms with Crippen molar-refractivity contribution in [2.45, 2.75) is 19.0 Å². The molecule has 0 radical (unpaired) electrons. The van der Waals surface area contributed by atoms with Gasteiger partial charge in [-0.25, -0.2) is 9.18 Å². The number of rotatable bonds is 4. The van der Waals surface area contributed by atoms with E-state index < -0.39 is 23.3 Å². The van der Waals surface area contributed by atoms with E-state index in [1.165, 1.54) is 12.1 Å². The number of hydrogen-bond acceptors (Lipinski definition) is 4. The molecule has 3 amide bonds. The SMILES string of the molecule is COc1ccc([C@@]2(C)NC(=O)N(Cc3cc(F)cc4cccnc34)C2=O)cc1. The summed E-state index contributed by atoms with van der Waals surface area (Å²) in [5.41, 5.74) is 0.455. The van der Waals surface area contributed by atoms with E-state index in [9.17, 15) is 14.0 Å². The molecule has 1 aromatic heterocycles. The summed E-state index contributed by atoms with van der Waals surface area (Å²) in [6.45, 7) is 1.58. The molecule has 1 aliphatic rings. The van der Waals surface area contributed by atoms with Crippen molar-refractivity contribution in [2.75, 3.05) is 7.11 Å². The highest BCUT2D eigenvalue weighted by molar-refractivity contribution is 6.07. The Bertz CT molecular complexity index is 1080. The van der Waals surface area contributed by atoms with Crippen LogP contribution in [-0.2, 0) is 16.9 Å². The number of halogens is 1. The fraction of sp³-hybridized carbons (Fsp3) is 0.190. The standard InChI is InChI=1S/C21H18FN3O3/c1-21(15-5-7-17(28-2)8-6-15)19(26)25(20(27)24-21)12-14-11-16(22)10-13-4-3-9-23-18(13)14/h3-11H,12H2,1-2H3,(H,24,27)/t21-/m1/s1. The van der Waals surface area contributed by atoms with Crippen LogP contribution in [0.25, 0.3) is 10.9 Å². The maximum absolute atomic E-state index is 14.0. The number of carbonyl (C=O) groups excluding carboxylic acids is 2. The lowest BCUT2D eigenvalue weighted by Gasteiger charge is -2.22. The molecule has 1 fully saturated rings. The number of nitrogens with zero attached hydrogens (tertiary/aromatic N) is 2. The predicted molar refractivity (Wildman–Crippen MR) is 101 cm³/mol. The monoisotopic (exact) mass is 379 g/mol. The molecular weight excluding hydrogens is 361 g/mol. The van der Waals surface area contributed by atoms with Crippen LogP contribution in [0.5, 0.6) is 5.75 Å². The maximum Gasteiger partial charge on any atom is 0.325 e. The number of methoxy groups -OCH3 is 1. The average Bonchev–Trinajstić information content (AvgIpc) is 2.92. The lowest BCUT2D eigenvalue weighted by Crippen LogP contribution is -2.40. The van der Waals surface area contributed by atoms with Gasteiger partial charge in [0.15, 0.2) is 0 Å². The third-order valence-corrected chi connectivity index (χ3v) is 5.02. The van der Waals surface area contributed by atoms with Gasteiger partial charge in [0, 0.05) is 17.1 Å². The predicted octanol–water partition coefficient (Wildman–Crippen LogP) is 3.35. The molecular formula is C21H18FN3O3.